The molecule has 1 aromatic carbocycles. The van der Waals surface area contributed by atoms with Crippen LogP contribution in [0.4, 0.5) is 0 Å². The van der Waals surface area contributed by atoms with Crippen molar-refractivity contribution in [2.45, 2.75) is 12.3 Å². The Balaban J connectivity index is 2.25. The maximum Gasteiger partial charge on any atom is 0.223 e. The fourth-order valence-corrected chi connectivity index (χ4v) is 2.17. The van der Waals surface area contributed by atoms with Crippen LogP contribution in [0.5, 0.6) is 0 Å². The Kier molecular flexibility index (Phi) is 2.46. The largest absolute Gasteiger partial charge is 0.345 e. The van der Waals surface area contributed by atoms with Crippen LogP contribution < -0.4 is 0 Å². The van der Waals surface area contributed by atoms with Crippen molar-refractivity contribution in [1.82, 2.24) is 4.90 Å². The van der Waals surface area contributed by atoms with Crippen LogP contribution in [-0.2, 0) is 4.79 Å². The Hall–Kier alpha value is -1.02. The minimum absolute atomic E-state index is 0.204. The number of hydrogen-bond donors (Lipinski definition) is 0. The van der Waals surface area contributed by atoms with E-state index < -0.39 is 0 Å². The summed E-state index contributed by atoms with van der Waals surface area (Å²) < 4.78 is 0. The molecule has 74 valence electrons. The zero-order chi connectivity index (χ0) is 10.1. The molecule has 0 saturated carbocycles. The van der Waals surface area contributed by atoms with Gasteiger partial charge >= 0.3 is 0 Å². The smallest absolute Gasteiger partial charge is 0.223 e. The number of amides is 1. The van der Waals surface area contributed by atoms with Gasteiger partial charge in [0.2, 0.25) is 5.91 Å². The summed E-state index contributed by atoms with van der Waals surface area (Å²) in [5.74, 6) is 0.469. The van der Waals surface area contributed by atoms with E-state index in [-0.39, 0.29) is 11.8 Å². The van der Waals surface area contributed by atoms with E-state index in [0.717, 1.165) is 17.1 Å². The number of hydrogen-bond acceptors (Lipinski definition) is 1. The van der Waals surface area contributed by atoms with Gasteiger partial charge in [0, 0.05) is 31.0 Å². The number of nitrogens with zero attached hydrogens (tertiary/aromatic N) is 1. The van der Waals surface area contributed by atoms with Crippen molar-refractivity contribution in [2.75, 3.05) is 13.6 Å². The van der Waals surface area contributed by atoms with Gasteiger partial charge in [0.1, 0.15) is 0 Å². The molecule has 1 unspecified atom stereocenters. The molecule has 1 aromatic rings. The molecule has 2 nitrogen and oxygen atoms in total. The van der Waals surface area contributed by atoms with Gasteiger partial charge in [-0.1, -0.05) is 29.8 Å². The molecule has 0 aromatic heterocycles. The van der Waals surface area contributed by atoms with Gasteiger partial charge < -0.3 is 4.90 Å². The third kappa shape index (κ3) is 1.62. The minimum Gasteiger partial charge on any atom is -0.345 e. The summed E-state index contributed by atoms with van der Waals surface area (Å²) in [4.78, 5) is 13.1. The fraction of sp³-hybridized carbons (Fsp3) is 0.364. The first-order valence-electron chi connectivity index (χ1n) is 4.67. The Labute approximate surface area is 88.5 Å². The van der Waals surface area contributed by atoms with Crippen LogP contribution in [0, 0.1) is 0 Å². The summed E-state index contributed by atoms with van der Waals surface area (Å²) in [6.07, 6.45) is 0.584. The lowest BCUT2D eigenvalue weighted by molar-refractivity contribution is -0.126. The third-order valence-electron chi connectivity index (χ3n) is 2.69. The SMILES string of the molecule is CN1CC(c2ccccc2Cl)CC1=O. The van der Waals surface area contributed by atoms with Gasteiger partial charge in [-0.05, 0) is 11.6 Å². The molecule has 1 saturated heterocycles. The molecule has 1 aliphatic rings. The number of benzene rings is 1. The predicted octanol–water partition coefficient (Wildman–Crippen LogP) is 2.29. The molecule has 3 heteroatoms. The van der Waals surface area contributed by atoms with Crippen molar-refractivity contribution in [3.05, 3.63) is 34.9 Å². The van der Waals surface area contributed by atoms with Crippen molar-refractivity contribution in [3.63, 3.8) is 0 Å². The van der Waals surface area contributed by atoms with Gasteiger partial charge in [0.05, 0.1) is 0 Å². The zero-order valence-corrected chi connectivity index (χ0v) is 8.79. The highest BCUT2D eigenvalue weighted by molar-refractivity contribution is 6.31. The fourth-order valence-electron chi connectivity index (χ4n) is 1.88. The number of carbonyl (C=O) groups excluding carboxylic acids is 1. The van der Waals surface area contributed by atoms with Crippen LogP contribution in [0.3, 0.4) is 0 Å². The normalized spacial score (nSPS) is 21.7. The first-order chi connectivity index (χ1) is 6.68. The van der Waals surface area contributed by atoms with Gasteiger partial charge in [-0.2, -0.15) is 0 Å². The standard InChI is InChI=1S/C11H12ClNO/c1-13-7-8(6-11(13)14)9-4-2-3-5-10(9)12/h2-5,8H,6-7H2,1H3. The average Bonchev–Trinajstić information content (AvgIpc) is 2.48. The Morgan fingerprint density at radius 2 is 2.14 bits per heavy atom. The maximum atomic E-state index is 11.4. The Bertz CT molecular complexity index is 364. The van der Waals surface area contributed by atoms with Crippen molar-refractivity contribution < 1.29 is 4.79 Å². The molecular weight excluding hydrogens is 198 g/mol. The number of likely N-dealkylation sites (N-methyl/N-ethyl adjacent to an activating group) is 1. The van der Waals surface area contributed by atoms with Crippen molar-refractivity contribution in [3.8, 4) is 0 Å². The predicted molar refractivity (Wildman–Crippen MR) is 56.4 cm³/mol. The van der Waals surface area contributed by atoms with Crippen LogP contribution in [0.1, 0.15) is 17.9 Å². The first kappa shape index (κ1) is 9.53. The molecule has 1 aliphatic heterocycles. The molecule has 0 radical (unpaired) electrons. The summed E-state index contributed by atoms with van der Waals surface area (Å²) in [7, 11) is 1.83. The third-order valence-corrected chi connectivity index (χ3v) is 3.03. The molecule has 1 atom stereocenters. The lowest BCUT2D eigenvalue weighted by atomic mass is 9.98. The van der Waals surface area contributed by atoms with Gasteiger partial charge in [0.15, 0.2) is 0 Å². The lowest BCUT2D eigenvalue weighted by Gasteiger charge is -2.11. The van der Waals surface area contributed by atoms with E-state index in [4.69, 9.17) is 11.6 Å². The minimum atomic E-state index is 0.204. The van der Waals surface area contributed by atoms with E-state index in [9.17, 15) is 4.79 Å². The van der Waals surface area contributed by atoms with E-state index >= 15 is 0 Å². The number of likely N-dealkylation sites (tertiary alicyclic amines) is 1. The zero-order valence-electron chi connectivity index (χ0n) is 8.03. The average molecular weight is 210 g/mol. The van der Waals surface area contributed by atoms with E-state index in [2.05, 4.69) is 0 Å². The van der Waals surface area contributed by atoms with Crippen LogP contribution >= 0.6 is 11.6 Å². The second kappa shape index (κ2) is 3.62. The molecular formula is C11H12ClNO. The number of carbonyl (C=O) groups is 1. The molecule has 14 heavy (non-hydrogen) atoms. The van der Waals surface area contributed by atoms with Crippen LogP contribution in [0.15, 0.2) is 24.3 Å². The maximum absolute atomic E-state index is 11.4. The van der Waals surface area contributed by atoms with Gasteiger partial charge in [-0.3, -0.25) is 4.79 Å². The molecule has 1 heterocycles. The second-order valence-corrected chi connectivity index (χ2v) is 4.10. The van der Waals surface area contributed by atoms with E-state index in [1.54, 1.807) is 4.90 Å². The molecule has 0 spiro atoms. The molecule has 0 bridgehead atoms. The molecule has 0 N–H and O–H groups in total. The Morgan fingerprint density at radius 1 is 1.43 bits per heavy atom. The summed E-state index contributed by atoms with van der Waals surface area (Å²) in [6.45, 7) is 0.780. The number of rotatable bonds is 1. The summed E-state index contributed by atoms with van der Waals surface area (Å²) in [6, 6.07) is 7.75. The molecule has 1 fully saturated rings. The highest BCUT2D eigenvalue weighted by atomic mass is 35.5. The van der Waals surface area contributed by atoms with Crippen LogP contribution in [0.2, 0.25) is 5.02 Å². The van der Waals surface area contributed by atoms with E-state index in [0.29, 0.717) is 6.42 Å². The second-order valence-electron chi connectivity index (χ2n) is 3.70. The van der Waals surface area contributed by atoms with Crippen LogP contribution in [-0.4, -0.2) is 24.4 Å². The first-order valence-corrected chi connectivity index (χ1v) is 5.04. The van der Waals surface area contributed by atoms with E-state index in [1.165, 1.54) is 0 Å². The van der Waals surface area contributed by atoms with E-state index in [1.807, 2.05) is 31.3 Å². The quantitative estimate of drug-likeness (QED) is 0.695. The Morgan fingerprint density at radius 3 is 2.71 bits per heavy atom. The highest BCUT2D eigenvalue weighted by Crippen LogP contribution is 2.31. The monoisotopic (exact) mass is 209 g/mol. The lowest BCUT2D eigenvalue weighted by Crippen LogP contribution is -2.18. The van der Waals surface area contributed by atoms with Crippen LogP contribution in [0.25, 0.3) is 0 Å². The van der Waals surface area contributed by atoms with Gasteiger partial charge in [-0.15, -0.1) is 0 Å². The summed E-state index contributed by atoms with van der Waals surface area (Å²) in [5.41, 5.74) is 1.09. The van der Waals surface area contributed by atoms with Gasteiger partial charge in [-0.25, -0.2) is 0 Å². The van der Waals surface area contributed by atoms with Gasteiger partial charge in [0.25, 0.3) is 0 Å². The van der Waals surface area contributed by atoms with Crippen molar-refractivity contribution in [1.29, 1.82) is 0 Å². The van der Waals surface area contributed by atoms with Crippen molar-refractivity contribution in [2.24, 2.45) is 0 Å². The summed E-state index contributed by atoms with van der Waals surface area (Å²) >= 11 is 6.07. The molecule has 2 rings (SSSR count). The molecule has 0 aliphatic carbocycles. The summed E-state index contributed by atoms with van der Waals surface area (Å²) in [5, 5.41) is 0.764. The molecule has 1 amide bonds. The topological polar surface area (TPSA) is 20.3 Å². The number of halogens is 1. The van der Waals surface area contributed by atoms with Crippen molar-refractivity contribution >= 4 is 17.5 Å². The highest BCUT2D eigenvalue weighted by Gasteiger charge is 2.28.